The number of nitrogens with zero attached hydrogens (tertiary/aromatic N) is 1. The summed E-state index contributed by atoms with van der Waals surface area (Å²) in [5, 5.41) is 19.6. The monoisotopic (exact) mass is 334 g/mol. The lowest BCUT2D eigenvalue weighted by Gasteiger charge is -2.12. The molecule has 0 atom stereocenters. The van der Waals surface area contributed by atoms with E-state index in [1.165, 1.54) is 0 Å². The van der Waals surface area contributed by atoms with E-state index in [0.29, 0.717) is 17.1 Å². The van der Waals surface area contributed by atoms with Gasteiger partial charge in [0.2, 0.25) is 0 Å². The van der Waals surface area contributed by atoms with Gasteiger partial charge in [0.1, 0.15) is 17.1 Å². The molecule has 6 heteroatoms. The van der Waals surface area contributed by atoms with Crippen molar-refractivity contribution in [2.75, 3.05) is 0 Å². The van der Waals surface area contributed by atoms with Crippen LogP contribution in [0.1, 0.15) is 11.9 Å². The van der Waals surface area contributed by atoms with Crippen LogP contribution in [0.25, 0.3) is 11.0 Å². The minimum atomic E-state index is -1.60. The largest absolute Gasteiger partial charge is 0.455 e. The first-order valence-electron chi connectivity index (χ1n) is 5.90. The number of benzene rings is 1. The zero-order chi connectivity index (χ0) is 14.1. The number of aromatic nitrogens is 2. The van der Waals surface area contributed by atoms with Crippen LogP contribution in [0.3, 0.4) is 0 Å². The van der Waals surface area contributed by atoms with Crippen molar-refractivity contribution in [1.29, 1.82) is 0 Å². The summed E-state index contributed by atoms with van der Waals surface area (Å²) >= 11 is 3.33. The van der Waals surface area contributed by atoms with Crippen LogP contribution in [0.4, 0.5) is 0 Å². The summed E-state index contributed by atoms with van der Waals surface area (Å²) in [6.07, 6.45) is 1.78. The van der Waals surface area contributed by atoms with Crippen LogP contribution >= 0.6 is 15.9 Å². The summed E-state index contributed by atoms with van der Waals surface area (Å²) < 4.78 is 6.49. The third-order valence-corrected chi connectivity index (χ3v) is 3.35. The van der Waals surface area contributed by atoms with Crippen LogP contribution in [0.15, 0.2) is 47.2 Å². The molecule has 0 aliphatic rings. The van der Waals surface area contributed by atoms with Crippen molar-refractivity contribution >= 4 is 27.0 Å². The number of halogens is 1. The van der Waals surface area contributed by atoms with Gasteiger partial charge in [-0.3, -0.25) is 0 Å². The van der Waals surface area contributed by atoms with E-state index in [1.807, 2.05) is 12.1 Å². The number of aliphatic hydroxyl groups is 2. The maximum Gasteiger partial charge on any atom is 0.182 e. The Morgan fingerprint density at radius 1 is 1.20 bits per heavy atom. The smallest absolute Gasteiger partial charge is 0.182 e. The van der Waals surface area contributed by atoms with Gasteiger partial charge < -0.3 is 19.9 Å². The number of H-pyrrole nitrogens is 1. The summed E-state index contributed by atoms with van der Waals surface area (Å²) in [6, 6.07) is 8.70. The highest BCUT2D eigenvalue weighted by molar-refractivity contribution is 9.10. The Bertz CT molecular complexity index is 755. The second-order valence-electron chi connectivity index (χ2n) is 4.24. The quantitative estimate of drug-likeness (QED) is 0.643. The molecular formula is C14H11BrN2O3. The van der Waals surface area contributed by atoms with E-state index in [-0.39, 0.29) is 0 Å². The maximum atomic E-state index is 9.35. The molecule has 5 nitrogen and oxygen atoms in total. The van der Waals surface area contributed by atoms with Crippen molar-refractivity contribution in [1.82, 2.24) is 9.97 Å². The van der Waals surface area contributed by atoms with E-state index >= 15 is 0 Å². The number of aliphatic hydroxyl groups excluding tert-OH is 1. The molecule has 3 N–H and O–H groups in total. The van der Waals surface area contributed by atoms with Gasteiger partial charge in [0.25, 0.3) is 0 Å². The molecule has 1 aromatic carbocycles. The molecule has 3 aromatic rings. The average molecular weight is 335 g/mol. The molecule has 3 rings (SSSR count). The van der Waals surface area contributed by atoms with Crippen LogP contribution < -0.4 is 4.74 Å². The molecule has 0 spiro atoms. The third kappa shape index (κ3) is 2.53. The SMILES string of the molecule is OC(O)c1ccc(Br)cc1Oc1cnc2[nH]ccc2c1. The Morgan fingerprint density at radius 2 is 2.05 bits per heavy atom. The van der Waals surface area contributed by atoms with Gasteiger partial charge in [0.05, 0.1) is 11.8 Å². The van der Waals surface area contributed by atoms with Gasteiger partial charge in [-0.25, -0.2) is 4.98 Å². The number of rotatable bonds is 3. The third-order valence-electron chi connectivity index (χ3n) is 2.86. The van der Waals surface area contributed by atoms with Crippen molar-refractivity contribution in [2.45, 2.75) is 6.29 Å². The Hall–Kier alpha value is -1.89. The molecule has 0 amide bonds. The Morgan fingerprint density at radius 3 is 2.85 bits per heavy atom. The topological polar surface area (TPSA) is 78.4 Å². The molecule has 0 radical (unpaired) electrons. The molecule has 20 heavy (non-hydrogen) atoms. The van der Waals surface area contributed by atoms with E-state index in [2.05, 4.69) is 25.9 Å². The highest BCUT2D eigenvalue weighted by Gasteiger charge is 2.12. The Labute approximate surface area is 123 Å². The van der Waals surface area contributed by atoms with Gasteiger partial charge in [0, 0.05) is 16.1 Å². The van der Waals surface area contributed by atoms with Gasteiger partial charge in [-0.05, 0) is 30.3 Å². The van der Waals surface area contributed by atoms with Crippen LogP contribution in [-0.4, -0.2) is 20.2 Å². The highest BCUT2D eigenvalue weighted by Crippen LogP contribution is 2.32. The van der Waals surface area contributed by atoms with Gasteiger partial charge in [-0.1, -0.05) is 15.9 Å². The minimum Gasteiger partial charge on any atom is -0.455 e. The van der Waals surface area contributed by atoms with Gasteiger partial charge in [-0.15, -0.1) is 0 Å². The van der Waals surface area contributed by atoms with Crippen molar-refractivity contribution in [3.63, 3.8) is 0 Å². The van der Waals surface area contributed by atoms with E-state index in [0.717, 1.165) is 15.5 Å². The summed E-state index contributed by atoms with van der Waals surface area (Å²) in [5.41, 5.74) is 1.07. The predicted octanol–water partition coefficient (Wildman–Crippen LogP) is 3.10. The summed E-state index contributed by atoms with van der Waals surface area (Å²) in [4.78, 5) is 7.21. The number of hydrogen-bond donors (Lipinski definition) is 3. The van der Waals surface area contributed by atoms with Crippen molar-refractivity contribution in [2.24, 2.45) is 0 Å². The lowest BCUT2D eigenvalue weighted by molar-refractivity contribution is -0.0436. The average Bonchev–Trinajstić information content (AvgIpc) is 2.85. The molecule has 0 bridgehead atoms. The molecule has 0 unspecified atom stereocenters. The van der Waals surface area contributed by atoms with E-state index < -0.39 is 6.29 Å². The molecule has 0 saturated heterocycles. The lowest BCUT2D eigenvalue weighted by atomic mass is 10.2. The first-order chi connectivity index (χ1) is 9.63. The minimum absolute atomic E-state index is 0.294. The van der Waals surface area contributed by atoms with Gasteiger partial charge >= 0.3 is 0 Å². The van der Waals surface area contributed by atoms with E-state index in [1.54, 1.807) is 30.6 Å². The van der Waals surface area contributed by atoms with Gasteiger partial charge in [0.15, 0.2) is 6.29 Å². The zero-order valence-electron chi connectivity index (χ0n) is 10.2. The first kappa shape index (κ1) is 13.1. The first-order valence-corrected chi connectivity index (χ1v) is 6.69. The standard InChI is InChI=1S/C14H11BrN2O3/c15-9-1-2-11(14(18)19)12(6-9)20-10-5-8-3-4-16-13(8)17-7-10/h1-7,14,18-19H,(H,16,17). The molecule has 2 aromatic heterocycles. The van der Waals surface area contributed by atoms with Crippen LogP contribution in [0.2, 0.25) is 0 Å². The lowest BCUT2D eigenvalue weighted by Crippen LogP contribution is -1.98. The number of hydrogen-bond acceptors (Lipinski definition) is 4. The molecular weight excluding hydrogens is 324 g/mol. The van der Waals surface area contributed by atoms with Crippen molar-refractivity contribution in [3.8, 4) is 11.5 Å². The van der Waals surface area contributed by atoms with Gasteiger partial charge in [-0.2, -0.15) is 0 Å². The fourth-order valence-corrected chi connectivity index (χ4v) is 2.25. The number of aromatic amines is 1. The number of pyridine rings is 1. The molecule has 0 aliphatic heterocycles. The van der Waals surface area contributed by atoms with Crippen molar-refractivity contribution in [3.05, 3.63) is 52.8 Å². The molecule has 0 aliphatic carbocycles. The summed E-state index contributed by atoms with van der Waals surface area (Å²) in [6.45, 7) is 0. The fourth-order valence-electron chi connectivity index (χ4n) is 1.91. The van der Waals surface area contributed by atoms with E-state index in [9.17, 15) is 10.2 Å². The summed E-state index contributed by atoms with van der Waals surface area (Å²) in [5.74, 6) is 0.892. The Kier molecular flexibility index (Phi) is 3.43. The van der Waals surface area contributed by atoms with Crippen LogP contribution in [0.5, 0.6) is 11.5 Å². The van der Waals surface area contributed by atoms with E-state index in [4.69, 9.17) is 4.74 Å². The molecule has 0 fully saturated rings. The molecule has 102 valence electrons. The maximum absolute atomic E-state index is 9.35. The zero-order valence-corrected chi connectivity index (χ0v) is 11.8. The Balaban J connectivity index is 1.99. The fraction of sp³-hybridized carbons (Fsp3) is 0.0714. The van der Waals surface area contributed by atoms with Crippen LogP contribution in [0, 0.1) is 0 Å². The second-order valence-corrected chi connectivity index (χ2v) is 5.16. The molecule has 2 heterocycles. The molecule has 0 saturated carbocycles. The number of nitrogens with one attached hydrogen (secondary N) is 1. The normalized spacial score (nSPS) is 11.2. The van der Waals surface area contributed by atoms with Crippen LogP contribution in [-0.2, 0) is 0 Å². The predicted molar refractivity (Wildman–Crippen MR) is 77.5 cm³/mol. The summed E-state index contributed by atoms with van der Waals surface area (Å²) in [7, 11) is 0. The number of fused-ring (bicyclic) bond motifs is 1. The second kappa shape index (κ2) is 5.24. The highest BCUT2D eigenvalue weighted by atomic mass is 79.9. The van der Waals surface area contributed by atoms with Crippen molar-refractivity contribution < 1.29 is 14.9 Å². The number of ether oxygens (including phenoxy) is 1.